The number of ether oxygens (including phenoxy) is 6. The normalized spacial score (nSPS) is 19.2. The van der Waals surface area contributed by atoms with Crippen molar-refractivity contribution in [3.8, 4) is 29.6 Å². The molecule has 0 unspecified atom stereocenters. The van der Waals surface area contributed by atoms with Gasteiger partial charge in [-0.1, -0.05) is 5.92 Å². The third kappa shape index (κ3) is 6.24. The summed E-state index contributed by atoms with van der Waals surface area (Å²) in [6.45, 7) is -0.311. The minimum absolute atomic E-state index is 0.0302. The Morgan fingerprint density at radius 2 is 1.86 bits per heavy atom. The Balaban J connectivity index is 1.82. The smallest absolute Gasteiger partial charge is 0.423 e. The van der Waals surface area contributed by atoms with Gasteiger partial charge in [-0.25, -0.2) is 4.79 Å². The average Bonchev–Trinajstić information content (AvgIpc) is 3.26. The summed E-state index contributed by atoms with van der Waals surface area (Å²) in [5.41, 5.74) is -3.75. The van der Waals surface area contributed by atoms with Gasteiger partial charge in [-0.2, -0.15) is 13.2 Å². The summed E-state index contributed by atoms with van der Waals surface area (Å²) in [4.78, 5) is 25.5. The van der Waals surface area contributed by atoms with Gasteiger partial charge in [0.15, 0.2) is 16.5 Å². The predicted molar refractivity (Wildman–Crippen MR) is 127 cm³/mol. The molecule has 10 nitrogen and oxygen atoms in total. The fraction of sp³-hybridized carbons (Fsp3) is 0.435. The first kappa shape index (κ1) is 28.0. The molecule has 3 rings (SSSR count). The Hall–Kier alpha value is -3.54. The highest BCUT2D eigenvalue weighted by Gasteiger charge is 2.40. The number of alkyl halides is 3. The maximum Gasteiger partial charge on any atom is 0.423 e. The van der Waals surface area contributed by atoms with E-state index in [1.54, 1.807) is 17.1 Å². The van der Waals surface area contributed by atoms with Crippen LogP contribution in [0.3, 0.4) is 0 Å². The molecule has 0 aliphatic carbocycles. The zero-order chi connectivity index (χ0) is 27.3. The van der Waals surface area contributed by atoms with E-state index in [2.05, 4.69) is 5.92 Å². The number of nitrogens with zero attached hydrogens (tertiary/aromatic N) is 1. The first-order valence-corrected chi connectivity index (χ1v) is 11.0. The molecule has 0 radical (unpaired) electrons. The molecular weight excluding hydrogens is 521 g/mol. The van der Waals surface area contributed by atoms with Gasteiger partial charge in [0, 0.05) is 18.2 Å². The van der Waals surface area contributed by atoms with Crippen molar-refractivity contribution in [2.24, 2.45) is 0 Å². The zero-order valence-corrected chi connectivity index (χ0v) is 20.7. The Kier molecular flexibility index (Phi) is 8.85. The van der Waals surface area contributed by atoms with Crippen molar-refractivity contribution in [1.82, 2.24) is 9.55 Å². The summed E-state index contributed by atoms with van der Waals surface area (Å²) in [5, 5.41) is 0.0302. The fourth-order valence-electron chi connectivity index (χ4n) is 3.69. The average molecular weight is 545 g/mol. The molecule has 1 fully saturated rings. The van der Waals surface area contributed by atoms with E-state index in [-0.39, 0.29) is 24.7 Å². The highest BCUT2D eigenvalue weighted by Crippen LogP contribution is 2.38. The minimum Gasteiger partial charge on any atom is -0.493 e. The second kappa shape index (κ2) is 11.7. The topological polar surface area (TPSA) is 110 Å². The van der Waals surface area contributed by atoms with Crippen LogP contribution in [-0.2, 0) is 20.4 Å². The number of benzene rings is 1. The van der Waals surface area contributed by atoms with Crippen LogP contribution in [0.4, 0.5) is 13.2 Å². The Morgan fingerprint density at radius 3 is 2.41 bits per heavy atom. The van der Waals surface area contributed by atoms with E-state index < -0.39 is 41.4 Å². The van der Waals surface area contributed by atoms with Crippen LogP contribution in [-0.4, -0.2) is 61.4 Å². The van der Waals surface area contributed by atoms with E-state index >= 15 is 0 Å². The molecule has 2 heterocycles. The number of terminal acetylenes is 1. The van der Waals surface area contributed by atoms with Gasteiger partial charge in [0.25, 0.3) is 5.56 Å². The number of thiocarbonyl (C=S) groups is 1. The first-order chi connectivity index (χ1) is 17.5. The summed E-state index contributed by atoms with van der Waals surface area (Å²) >= 11 is 5.37. The summed E-state index contributed by atoms with van der Waals surface area (Å²) in [6.07, 6.45) is -2.17. The van der Waals surface area contributed by atoms with Crippen LogP contribution >= 0.6 is 12.2 Å². The SMILES string of the molecule is C#CCO[C@H]1C[C@H](n2cc(C(F)(F)F)c(=O)[nH]c2=O)O[C@@H]1COC(=S)c1cc(OC)c(OC)c(OC)c1. The van der Waals surface area contributed by atoms with Gasteiger partial charge in [-0.3, -0.25) is 14.3 Å². The molecule has 1 N–H and O–H groups in total. The van der Waals surface area contributed by atoms with Crippen molar-refractivity contribution >= 4 is 17.3 Å². The third-order valence-corrected chi connectivity index (χ3v) is 5.78. The van der Waals surface area contributed by atoms with Gasteiger partial charge < -0.3 is 28.4 Å². The molecule has 14 heteroatoms. The van der Waals surface area contributed by atoms with Crippen LogP contribution in [0.5, 0.6) is 17.2 Å². The molecule has 3 atom stereocenters. The van der Waals surface area contributed by atoms with Crippen LogP contribution in [0.1, 0.15) is 23.8 Å². The number of aromatic amines is 1. The molecule has 1 aliphatic rings. The highest BCUT2D eigenvalue weighted by molar-refractivity contribution is 7.80. The molecule has 1 aromatic carbocycles. The molecule has 0 bridgehead atoms. The number of methoxy groups -OCH3 is 3. The Morgan fingerprint density at radius 1 is 1.22 bits per heavy atom. The van der Waals surface area contributed by atoms with Gasteiger partial charge in [0.05, 0.1) is 27.4 Å². The van der Waals surface area contributed by atoms with E-state index in [0.717, 1.165) is 0 Å². The molecule has 0 amide bonds. The maximum atomic E-state index is 13.2. The molecule has 0 saturated carbocycles. The molecule has 37 heavy (non-hydrogen) atoms. The third-order valence-electron chi connectivity index (χ3n) is 5.42. The summed E-state index contributed by atoms with van der Waals surface area (Å²) in [7, 11) is 4.33. The molecule has 0 spiro atoms. The highest BCUT2D eigenvalue weighted by atomic mass is 32.1. The Labute approximate surface area is 214 Å². The summed E-state index contributed by atoms with van der Waals surface area (Å²) in [5.74, 6) is 3.33. The van der Waals surface area contributed by atoms with Crippen LogP contribution in [0, 0.1) is 12.3 Å². The molecule has 1 aromatic heterocycles. The lowest BCUT2D eigenvalue weighted by atomic mass is 10.1. The number of halogens is 3. The van der Waals surface area contributed by atoms with Gasteiger partial charge in [0.2, 0.25) is 5.75 Å². The monoisotopic (exact) mass is 544 g/mol. The van der Waals surface area contributed by atoms with Gasteiger partial charge in [-0.15, -0.1) is 6.42 Å². The van der Waals surface area contributed by atoms with Crippen molar-refractivity contribution in [2.45, 2.75) is 31.0 Å². The van der Waals surface area contributed by atoms with Gasteiger partial charge in [0.1, 0.15) is 31.1 Å². The lowest BCUT2D eigenvalue weighted by molar-refractivity contribution is -0.139. The molecule has 1 aliphatic heterocycles. The number of aromatic nitrogens is 2. The lowest BCUT2D eigenvalue weighted by Crippen LogP contribution is -2.36. The maximum absolute atomic E-state index is 13.2. The fourth-order valence-corrected chi connectivity index (χ4v) is 3.88. The van der Waals surface area contributed by atoms with Crippen molar-refractivity contribution < 1.29 is 41.6 Å². The molecular formula is C23H23F3N2O8S. The molecule has 2 aromatic rings. The number of rotatable bonds is 9. The van der Waals surface area contributed by atoms with Crippen molar-refractivity contribution in [1.29, 1.82) is 0 Å². The second-order valence-corrected chi connectivity index (χ2v) is 8.01. The number of hydrogen-bond acceptors (Lipinski definition) is 9. The van der Waals surface area contributed by atoms with Crippen LogP contribution < -0.4 is 25.5 Å². The first-order valence-electron chi connectivity index (χ1n) is 10.6. The van der Waals surface area contributed by atoms with Crippen LogP contribution in [0.25, 0.3) is 0 Å². The number of nitrogens with one attached hydrogen (secondary N) is 1. The van der Waals surface area contributed by atoms with E-state index in [4.69, 9.17) is 47.1 Å². The minimum atomic E-state index is -4.98. The lowest BCUT2D eigenvalue weighted by Gasteiger charge is -2.20. The van der Waals surface area contributed by atoms with Crippen LogP contribution in [0.15, 0.2) is 27.9 Å². The second-order valence-electron chi connectivity index (χ2n) is 7.64. The number of H-pyrrole nitrogens is 1. The van der Waals surface area contributed by atoms with Crippen molar-refractivity contribution in [3.63, 3.8) is 0 Å². The van der Waals surface area contributed by atoms with E-state index in [0.29, 0.717) is 33.6 Å². The van der Waals surface area contributed by atoms with Crippen LogP contribution in [0.2, 0.25) is 0 Å². The van der Waals surface area contributed by atoms with Gasteiger partial charge in [-0.05, 0) is 24.4 Å². The summed E-state index contributed by atoms with van der Waals surface area (Å²) < 4.78 is 73.2. The Bertz CT molecular complexity index is 1280. The summed E-state index contributed by atoms with van der Waals surface area (Å²) in [6, 6.07) is 3.15. The number of hydrogen-bond donors (Lipinski definition) is 1. The van der Waals surface area contributed by atoms with Crippen molar-refractivity contribution in [3.05, 3.63) is 50.3 Å². The van der Waals surface area contributed by atoms with E-state index in [1.807, 2.05) is 0 Å². The van der Waals surface area contributed by atoms with Crippen molar-refractivity contribution in [2.75, 3.05) is 34.5 Å². The van der Waals surface area contributed by atoms with Gasteiger partial charge >= 0.3 is 11.9 Å². The molecule has 200 valence electrons. The van der Waals surface area contributed by atoms with E-state index in [9.17, 15) is 22.8 Å². The van der Waals surface area contributed by atoms with E-state index in [1.165, 1.54) is 21.3 Å². The largest absolute Gasteiger partial charge is 0.493 e. The zero-order valence-electron chi connectivity index (χ0n) is 19.9. The predicted octanol–water partition coefficient (Wildman–Crippen LogP) is 2.28. The quantitative estimate of drug-likeness (QED) is 0.376. The molecule has 1 saturated heterocycles. The standard InChI is InChI=1S/C23H23F3N2O8S/c1-5-6-34-14-9-18(28-10-13(23(24,25)26)20(29)27-22(28)30)36-17(14)11-35-21(37)12-7-15(31-2)19(33-4)16(8-12)32-3/h1,7-8,10,14,17-18H,6,9,11H2,2-4H3,(H,27,29,30)/t14-,17+,18+/m0/s1.